The zero-order valence-corrected chi connectivity index (χ0v) is 13.4. The fourth-order valence-corrected chi connectivity index (χ4v) is 3.39. The van der Waals surface area contributed by atoms with Crippen LogP contribution in [0.2, 0.25) is 5.02 Å². The number of benzene rings is 1. The zero-order valence-electron chi connectivity index (χ0n) is 12.6. The molecular formula is C16H19ClN2O3. The summed E-state index contributed by atoms with van der Waals surface area (Å²) in [6, 6.07) is 7.44. The minimum Gasteiger partial charge on any atom is -0.437 e. The Morgan fingerprint density at radius 1 is 1.41 bits per heavy atom. The van der Waals surface area contributed by atoms with E-state index >= 15 is 0 Å². The van der Waals surface area contributed by atoms with Gasteiger partial charge in [-0.25, -0.2) is 4.79 Å². The van der Waals surface area contributed by atoms with Crippen LogP contribution in [0, 0.1) is 5.92 Å². The smallest absolute Gasteiger partial charge is 0.408 e. The van der Waals surface area contributed by atoms with Gasteiger partial charge in [-0.3, -0.25) is 4.79 Å². The average Bonchev–Trinajstić information content (AvgIpc) is 2.79. The maximum Gasteiger partial charge on any atom is 0.408 e. The van der Waals surface area contributed by atoms with Gasteiger partial charge in [0, 0.05) is 5.02 Å². The summed E-state index contributed by atoms with van der Waals surface area (Å²) in [6.45, 7) is 5.42. The van der Waals surface area contributed by atoms with E-state index in [0.717, 1.165) is 5.56 Å². The number of carbonyl (C=O) groups excluding carboxylic acids is 2. The molecule has 1 N–H and O–H groups in total. The van der Waals surface area contributed by atoms with Crippen molar-refractivity contribution in [3.05, 3.63) is 34.9 Å². The maximum absolute atomic E-state index is 12.8. The molecule has 22 heavy (non-hydrogen) atoms. The van der Waals surface area contributed by atoms with Gasteiger partial charge < -0.3 is 15.0 Å². The van der Waals surface area contributed by atoms with E-state index in [2.05, 4.69) is 5.32 Å². The molecule has 1 atom stereocenters. The summed E-state index contributed by atoms with van der Waals surface area (Å²) < 4.78 is 5.27. The largest absolute Gasteiger partial charge is 0.437 e. The first-order chi connectivity index (χ1) is 10.4. The van der Waals surface area contributed by atoms with Crippen LogP contribution in [0.1, 0.15) is 25.3 Å². The van der Waals surface area contributed by atoms with Crippen molar-refractivity contribution in [2.24, 2.45) is 5.92 Å². The summed E-state index contributed by atoms with van der Waals surface area (Å²) >= 11 is 6.05. The van der Waals surface area contributed by atoms with Gasteiger partial charge in [-0.05, 0) is 23.6 Å². The quantitative estimate of drug-likeness (QED) is 0.929. The van der Waals surface area contributed by atoms with Gasteiger partial charge in [0.25, 0.3) is 0 Å². The van der Waals surface area contributed by atoms with Crippen LogP contribution in [0.3, 0.4) is 0 Å². The summed E-state index contributed by atoms with van der Waals surface area (Å²) in [5, 5.41) is 3.28. The number of rotatable bonds is 3. The van der Waals surface area contributed by atoms with Gasteiger partial charge in [0.1, 0.15) is 0 Å². The maximum atomic E-state index is 12.8. The highest BCUT2D eigenvalue weighted by Gasteiger charge is 2.53. The van der Waals surface area contributed by atoms with Gasteiger partial charge in [-0.2, -0.15) is 0 Å². The molecule has 0 aliphatic carbocycles. The number of halogens is 1. The molecule has 2 amide bonds. The molecule has 2 heterocycles. The third-order valence-electron chi connectivity index (χ3n) is 4.27. The Labute approximate surface area is 134 Å². The number of hydrogen-bond acceptors (Lipinski definition) is 3. The first kappa shape index (κ1) is 15.2. The topological polar surface area (TPSA) is 58.6 Å². The average molecular weight is 323 g/mol. The normalized spacial score (nSPS) is 20.5. The highest BCUT2D eigenvalue weighted by atomic mass is 35.5. The summed E-state index contributed by atoms with van der Waals surface area (Å²) in [4.78, 5) is 25.8. The van der Waals surface area contributed by atoms with Gasteiger partial charge in [0.2, 0.25) is 5.91 Å². The fourth-order valence-electron chi connectivity index (χ4n) is 3.19. The number of nitrogens with zero attached hydrogens (tertiary/aromatic N) is 1. The molecule has 2 aliphatic heterocycles. The second kappa shape index (κ2) is 5.47. The molecule has 0 saturated carbocycles. The minimum absolute atomic E-state index is 0.0610. The number of ether oxygens (including phenoxy) is 1. The van der Waals surface area contributed by atoms with Crippen LogP contribution in [0.15, 0.2) is 24.3 Å². The Kier molecular flexibility index (Phi) is 3.77. The Morgan fingerprint density at radius 3 is 2.68 bits per heavy atom. The Morgan fingerprint density at radius 2 is 2.14 bits per heavy atom. The molecule has 0 bridgehead atoms. The van der Waals surface area contributed by atoms with Gasteiger partial charge in [0.15, 0.2) is 5.60 Å². The highest BCUT2D eigenvalue weighted by molar-refractivity contribution is 6.30. The van der Waals surface area contributed by atoms with Gasteiger partial charge in [-0.1, -0.05) is 37.6 Å². The van der Waals surface area contributed by atoms with Crippen LogP contribution >= 0.6 is 11.6 Å². The predicted molar refractivity (Wildman–Crippen MR) is 82.8 cm³/mol. The van der Waals surface area contributed by atoms with E-state index in [1.165, 1.54) is 0 Å². The second-order valence-corrected chi connectivity index (χ2v) is 6.83. The van der Waals surface area contributed by atoms with Crippen molar-refractivity contribution in [1.29, 1.82) is 0 Å². The Balaban J connectivity index is 1.74. The summed E-state index contributed by atoms with van der Waals surface area (Å²) in [5.74, 6) is -0.0151. The highest BCUT2D eigenvalue weighted by Crippen LogP contribution is 2.34. The number of hydrogen-bond donors (Lipinski definition) is 1. The molecule has 1 spiro atoms. The standard InChI is InChI=1S/C16H19ClN2O3/c1-10(2)13(11-4-3-5-12(17)6-11)14(20)19-8-16(9-19)7-18-15(21)22-16/h3-6,10,13H,7-9H2,1-2H3,(H,18,21)/t13-/m1/s1. The van der Waals surface area contributed by atoms with E-state index in [1.54, 1.807) is 11.0 Å². The first-order valence-corrected chi connectivity index (χ1v) is 7.79. The Hall–Kier alpha value is -1.75. The molecule has 0 radical (unpaired) electrons. The van der Waals surface area contributed by atoms with Gasteiger partial charge in [0.05, 0.1) is 25.6 Å². The summed E-state index contributed by atoms with van der Waals surface area (Å²) in [5.41, 5.74) is 0.401. The molecule has 5 nitrogen and oxygen atoms in total. The monoisotopic (exact) mass is 322 g/mol. The van der Waals surface area contributed by atoms with Crippen molar-refractivity contribution in [3.8, 4) is 0 Å². The van der Waals surface area contributed by atoms with Gasteiger partial charge >= 0.3 is 6.09 Å². The fraction of sp³-hybridized carbons (Fsp3) is 0.500. The summed E-state index contributed by atoms with van der Waals surface area (Å²) in [7, 11) is 0. The molecule has 0 aromatic heterocycles. The molecule has 1 aromatic carbocycles. The first-order valence-electron chi connectivity index (χ1n) is 7.41. The van der Waals surface area contributed by atoms with E-state index in [9.17, 15) is 9.59 Å². The molecule has 2 fully saturated rings. The predicted octanol–water partition coefficient (Wildman–Crippen LogP) is 2.40. The number of amides is 2. The summed E-state index contributed by atoms with van der Waals surface area (Å²) in [6.07, 6.45) is -0.401. The molecule has 0 unspecified atom stereocenters. The molecule has 6 heteroatoms. The van der Waals surface area contributed by atoms with E-state index < -0.39 is 11.7 Å². The SMILES string of the molecule is CC(C)[C@@H](C(=O)N1CC2(CNC(=O)O2)C1)c1cccc(Cl)c1. The lowest BCUT2D eigenvalue weighted by molar-refractivity contribution is -0.152. The van der Waals surface area contributed by atoms with Crippen LogP contribution in [0.5, 0.6) is 0 Å². The molecule has 2 saturated heterocycles. The number of likely N-dealkylation sites (tertiary alicyclic amines) is 1. The van der Waals surface area contributed by atoms with Crippen molar-refractivity contribution >= 4 is 23.6 Å². The Bertz CT molecular complexity index is 611. The number of alkyl carbamates (subject to hydrolysis) is 1. The third kappa shape index (κ3) is 2.65. The third-order valence-corrected chi connectivity index (χ3v) is 4.51. The zero-order chi connectivity index (χ0) is 15.9. The molecule has 3 rings (SSSR count). The van der Waals surface area contributed by atoms with Crippen LogP contribution in [0.25, 0.3) is 0 Å². The molecule has 2 aliphatic rings. The minimum atomic E-state index is -0.525. The van der Waals surface area contributed by atoms with Crippen molar-refractivity contribution in [2.45, 2.75) is 25.4 Å². The van der Waals surface area contributed by atoms with E-state index in [0.29, 0.717) is 24.7 Å². The van der Waals surface area contributed by atoms with Crippen LogP contribution < -0.4 is 5.32 Å². The number of carbonyl (C=O) groups is 2. The van der Waals surface area contributed by atoms with Gasteiger partial charge in [-0.15, -0.1) is 0 Å². The van der Waals surface area contributed by atoms with Crippen LogP contribution in [-0.2, 0) is 9.53 Å². The molecule has 118 valence electrons. The van der Waals surface area contributed by atoms with Crippen LogP contribution in [-0.4, -0.2) is 42.1 Å². The van der Waals surface area contributed by atoms with Crippen molar-refractivity contribution in [1.82, 2.24) is 10.2 Å². The van der Waals surface area contributed by atoms with Crippen LogP contribution in [0.4, 0.5) is 4.79 Å². The van der Waals surface area contributed by atoms with Crippen molar-refractivity contribution in [2.75, 3.05) is 19.6 Å². The van der Waals surface area contributed by atoms with E-state index in [-0.39, 0.29) is 17.7 Å². The molecular weight excluding hydrogens is 304 g/mol. The lowest BCUT2D eigenvalue weighted by atomic mass is 9.84. The molecule has 1 aromatic rings. The van der Waals surface area contributed by atoms with E-state index in [1.807, 2.05) is 32.0 Å². The lowest BCUT2D eigenvalue weighted by Crippen LogP contribution is -2.66. The second-order valence-electron chi connectivity index (χ2n) is 6.40. The van der Waals surface area contributed by atoms with Crippen molar-refractivity contribution < 1.29 is 14.3 Å². The van der Waals surface area contributed by atoms with Crippen molar-refractivity contribution in [3.63, 3.8) is 0 Å². The number of nitrogens with one attached hydrogen (secondary N) is 1. The lowest BCUT2D eigenvalue weighted by Gasteiger charge is -2.46. The van der Waals surface area contributed by atoms with E-state index in [4.69, 9.17) is 16.3 Å².